The summed E-state index contributed by atoms with van der Waals surface area (Å²) in [5.74, 6) is -0.211. The molecule has 2 aromatic carbocycles. The van der Waals surface area contributed by atoms with E-state index in [0.29, 0.717) is 0 Å². The first-order valence-electron chi connectivity index (χ1n) is 8.63. The molecule has 0 aliphatic carbocycles. The van der Waals surface area contributed by atoms with Crippen LogP contribution in [0.5, 0.6) is 0 Å². The second-order valence-electron chi connectivity index (χ2n) is 6.50. The van der Waals surface area contributed by atoms with Crippen molar-refractivity contribution in [2.75, 3.05) is 31.1 Å². The molecule has 0 unspecified atom stereocenters. The summed E-state index contributed by atoms with van der Waals surface area (Å²) in [5.41, 5.74) is 2.69. The average molecular weight is 368 g/mol. The fraction of sp³-hybridized carbons (Fsp3) is 0.263. The first-order valence-corrected chi connectivity index (χ1v) is 9.44. The normalized spacial score (nSPS) is 16.0. The number of hydrogen-bond acceptors (Lipinski definition) is 6. The molecule has 2 aromatic heterocycles. The van der Waals surface area contributed by atoms with Crippen molar-refractivity contribution >= 4 is 37.7 Å². The van der Waals surface area contributed by atoms with Gasteiger partial charge in [-0.25, -0.2) is 9.37 Å². The van der Waals surface area contributed by atoms with Crippen LogP contribution in [-0.4, -0.2) is 41.2 Å². The maximum atomic E-state index is 13.4. The van der Waals surface area contributed by atoms with Crippen LogP contribution >= 0.6 is 11.3 Å². The highest BCUT2D eigenvalue weighted by molar-refractivity contribution is 7.22. The number of piperazine rings is 1. The molecule has 1 aliphatic heterocycles. The van der Waals surface area contributed by atoms with E-state index in [4.69, 9.17) is 4.52 Å². The molecule has 26 heavy (non-hydrogen) atoms. The lowest BCUT2D eigenvalue weighted by Crippen LogP contribution is -2.46. The van der Waals surface area contributed by atoms with Crippen LogP contribution < -0.4 is 4.90 Å². The molecule has 132 valence electrons. The zero-order valence-corrected chi connectivity index (χ0v) is 14.9. The summed E-state index contributed by atoms with van der Waals surface area (Å²) in [6.07, 6.45) is 0. The summed E-state index contributed by atoms with van der Waals surface area (Å²) in [4.78, 5) is 9.31. The molecule has 0 bridgehead atoms. The summed E-state index contributed by atoms with van der Waals surface area (Å²) >= 11 is 1.56. The van der Waals surface area contributed by atoms with Crippen molar-refractivity contribution in [3.63, 3.8) is 0 Å². The Labute approximate surface area is 153 Å². The molecule has 0 spiro atoms. The second kappa shape index (κ2) is 6.34. The monoisotopic (exact) mass is 368 g/mol. The maximum absolute atomic E-state index is 13.4. The number of hydrogen-bond donors (Lipinski definition) is 0. The van der Waals surface area contributed by atoms with Gasteiger partial charge in [0.1, 0.15) is 11.5 Å². The van der Waals surface area contributed by atoms with E-state index in [1.807, 2.05) is 18.2 Å². The average Bonchev–Trinajstić information content (AvgIpc) is 3.26. The molecule has 4 aromatic rings. The number of halogens is 1. The minimum atomic E-state index is -0.211. The van der Waals surface area contributed by atoms with Crippen LogP contribution in [0.4, 0.5) is 9.52 Å². The van der Waals surface area contributed by atoms with Gasteiger partial charge in [-0.15, -0.1) is 0 Å². The Kier molecular flexibility index (Phi) is 3.83. The van der Waals surface area contributed by atoms with Gasteiger partial charge in [0.2, 0.25) is 0 Å². The highest BCUT2D eigenvalue weighted by atomic mass is 32.1. The standard InChI is InChI=1S/C19H17FN4OS/c20-13-5-6-15-18(11-13)26-19(21-15)24-9-7-23(8-10-24)12-16-14-3-1-2-4-17(14)25-22-16/h1-6,11H,7-10,12H2. The molecule has 7 heteroatoms. The van der Waals surface area contributed by atoms with Crippen LogP contribution in [0.3, 0.4) is 0 Å². The molecule has 0 N–H and O–H groups in total. The van der Waals surface area contributed by atoms with E-state index >= 15 is 0 Å². The van der Waals surface area contributed by atoms with Gasteiger partial charge >= 0.3 is 0 Å². The Morgan fingerprint density at radius 3 is 2.81 bits per heavy atom. The topological polar surface area (TPSA) is 45.4 Å². The molecular weight excluding hydrogens is 351 g/mol. The molecule has 0 saturated carbocycles. The van der Waals surface area contributed by atoms with Crippen molar-refractivity contribution in [2.24, 2.45) is 0 Å². The van der Waals surface area contributed by atoms with E-state index in [0.717, 1.165) is 64.7 Å². The third kappa shape index (κ3) is 2.83. The highest BCUT2D eigenvalue weighted by Crippen LogP contribution is 2.30. The molecular formula is C19H17FN4OS. The van der Waals surface area contributed by atoms with Gasteiger partial charge in [0.05, 0.1) is 10.2 Å². The number of anilines is 1. The van der Waals surface area contributed by atoms with E-state index in [-0.39, 0.29) is 5.82 Å². The summed E-state index contributed by atoms with van der Waals surface area (Å²) in [6.45, 7) is 4.46. The number of rotatable bonds is 3. The Morgan fingerprint density at radius 2 is 1.92 bits per heavy atom. The molecule has 1 fully saturated rings. The van der Waals surface area contributed by atoms with Crippen LogP contribution in [0.2, 0.25) is 0 Å². The molecule has 3 heterocycles. The first-order chi connectivity index (χ1) is 12.8. The minimum absolute atomic E-state index is 0.211. The molecule has 5 nitrogen and oxygen atoms in total. The van der Waals surface area contributed by atoms with Gasteiger partial charge < -0.3 is 9.42 Å². The minimum Gasteiger partial charge on any atom is -0.356 e. The van der Waals surface area contributed by atoms with Gasteiger partial charge in [0, 0.05) is 38.1 Å². The number of para-hydroxylation sites is 1. The van der Waals surface area contributed by atoms with Crippen molar-refractivity contribution in [1.82, 2.24) is 15.0 Å². The van der Waals surface area contributed by atoms with Gasteiger partial charge in [-0.2, -0.15) is 0 Å². The summed E-state index contributed by atoms with van der Waals surface area (Å²) in [5, 5.41) is 6.28. The van der Waals surface area contributed by atoms with E-state index in [1.165, 1.54) is 6.07 Å². The Morgan fingerprint density at radius 1 is 1.08 bits per heavy atom. The lowest BCUT2D eigenvalue weighted by atomic mass is 10.2. The zero-order valence-electron chi connectivity index (χ0n) is 14.1. The number of thiazole rings is 1. The van der Waals surface area contributed by atoms with Crippen LogP contribution in [-0.2, 0) is 6.54 Å². The Bertz CT molecular complexity index is 1070. The maximum Gasteiger partial charge on any atom is 0.186 e. The van der Waals surface area contributed by atoms with E-state index in [1.54, 1.807) is 23.5 Å². The SMILES string of the molecule is Fc1ccc2nc(N3CCN(Cc4noc5ccccc45)CC3)sc2c1. The smallest absolute Gasteiger partial charge is 0.186 e. The van der Waals surface area contributed by atoms with Crippen LogP contribution in [0, 0.1) is 5.82 Å². The third-order valence-electron chi connectivity index (χ3n) is 4.81. The fourth-order valence-electron chi connectivity index (χ4n) is 3.38. The van der Waals surface area contributed by atoms with E-state index in [9.17, 15) is 4.39 Å². The van der Waals surface area contributed by atoms with Crippen molar-refractivity contribution in [3.8, 4) is 0 Å². The molecule has 0 amide bonds. The lowest BCUT2D eigenvalue weighted by molar-refractivity contribution is 0.243. The van der Waals surface area contributed by atoms with Crippen molar-refractivity contribution in [3.05, 3.63) is 54.0 Å². The van der Waals surface area contributed by atoms with Gasteiger partial charge in [-0.1, -0.05) is 28.6 Å². The summed E-state index contributed by atoms with van der Waals surface area (Å²) < 4.78 is 19.7. The van der Waals surface area contributed by atoms with Gasteiger partial charge in [-0.05, 0) is 30.3 Å². The molecule has 1 saturated heterocycles. The number of aromatic nitrogens is 2. The predicted octanol–water partition coefficient (Wildman–Crippen LogP) is 3.90. The number of nitrogens with zero attached hydrogens (tertiary/aromatic N) is 4. The quantitative estimate of drug-likeness (QED) is 0.549. The van der Waals surface area contributed by atoms with E-state index < -0.39 is 0 Å². The van der Waals surface area contributed by atoms with Crippen molar-refractivity contribution < 1.29 is 8.91 Å². The van der Waals surface area contributed by atoms with E-state index in [2.05, 4.69) is 26.0 Å². The third-order valence-corrected chi connectivity index (χ3v) is 5.89. The molecule has 0 atom stereocenters. The van der Waals surface area contributed by atoms with Gasteiger partial charge in [0.25, 0.3) is 0 Å². The van der Waals surface area contributed by atoms with Crippen LogP contribution in [0.1, 0.15) is 5.69 Å². The van der Waals surface area contributed by atoms with Crippen molar-refractivity contribution in [1.29, 1.82) is 0 Å². The highest BCUT2D eigenvalue weighted by Gasteiger charge is 2.21. The largest absolute Gasteiger partial charge is 0.356 e. The summed E-state index contributed by atoms with van der Waals surface area (Å²) in [7, 11) is 0. The molecule has 0 radical (unpaired) electrons. The van der Waals surface area contributed by atoms with Gasteiger partial charge in [0.15, 0.2) is 10.7 Å². The van der Waals surface area contributed by atoms with Crippen molar-refractivity contribution in [2.45, 2.75) is 6.54 Å². The van der Waals surface area contributed by atoms with Gasteiger partial charge in [-0.3, -0.25) is 4.90 Å². The second-order valence-corrected chi connectivity index (χ2v) is 7.51. The first kappa shape index (κ1) is 15.7. The Hall–Kier alpha value is -2.51. The Balaban J connectivity index is 1.28. The number of benzene rings is 2. The number of fused-ring (bicyclic) bond motifs is 2. The fourth-order valence-corrected chi connectivity index (χ4v) is 4.42. The zero-order chi connectivity index (χ0) is 17.5. The molecule has 1 aliphatic rings. The van der Waals surface area contributed by atoms with Crippen LogP contribution in [0.25, 0.3) is 21.2 Å². The predicted molar refractivity (Wildman–Crippen MR) is 101 cm³/mol. The molecule has 5 rings (SSSR count). The summed E-state index contributed by atoms with van der Waals surface area (Å²) in [6, 6.07) is 12.7. The van der Waals surface area contributed by atoms with Crippen LogP contribution in [0.15, 0.2) is 47.0 Å². The lowest BCUT2D eigenvalue weighted by Gasteiger charge is -2.34.